The smallest absolute Gasteiger partial charge is 0.0462 e. The van der Waals surface area contributed by atoms with Gasteiger partial charge in [-0.3, -0.25) is 0 Å². The fourth-order valence-electron chi connectivity index (χ4n) is 2.91. The maximum absolute atomic E-state index is 6.24. The first-order valence-corrected chi connectivity index (χ1v) is 8.03. The van der Waals surface area contributed by atoms with Crippen molar-refractivity contribution in [2.24, 2.45) is 0 Å². The largest absolute Gasteiger partial charge is 0.311 e. The molecule has 2 nitrogen and oxygen atoms in total. The van der Waals surface area contributed by atoms with Gasteiger partial charge in [0.25, 0.3) is 0 Å². The van der Waals surface area contributed by atoms with Gasteiger partial charge < -0.3 is 10.2 Å². The minimum absolute atomic E-state index is 0.335. The predicted molar refractivity (Wildman–Crippen MR) is 85.7 cm³/mol. The molecule has 0 spiro atoms. The lowest BCUT2D eigenvalue weighted by atomic mass is 9.96. The Labute approximate surface area is 129 Å². The molecule has 1 saturated carbocycles. The van der Waals surface area contributed by atoms with Gasteiger partial charge in [0.05, 0.1) is 0 Å². The van der Waals surface area contributed by atoms with Crippen LogP contribution < -0.4 is 5.32 Å². The van der Waals surface area contributed by atoms with Crippen LogP contribution >= 0.6 is 27.5 Å². The van der Waals surface area contributed by atoms with Crippen LogP contribution in [0.1, 0.15) is 31.2 Å². The number of halogens is 2. The summed E-state index contributed by atoms with van der Waals surface area (Å²) in [6, 6.07) is 6.08. The normalized spacial score (nSPS) is 18.2. The van der Waals surface area contributed by atoms with Crippen LogP contribution in [0.4, 0.5) is 0 Å². The lowest BCUT2D eigenvalue weighted by Gasteiger charge is -2.36. The molecule has 1 aromatic carbocycles. The summed E-state index contributed by atoms with van der Waals surface area (Å²) in [4.78, 5) is 2.39. The van der Waals surface area contributed by atoms with E-state index in [0.29, 0.717) is 5.54 Å². The number of nitrogens with one attached hydrogen (secondary N) is 1. The Morgan fingerprint density at radius 1 is 1.32 bits per heavy atom. The Balaban J connectivity index is 1.92. The zero-order valence-electron chi connectivity index (χ0n) is 11.7. The summed E-state index contributed by atoms with van der Waals surface area (Å²) in [6.07, 6.45) is 5.28. The van der Waals surface area contributed by atoms with E-state index in [0.717, 1.165) is 28.1 Å². The van der Waals surface area contributed by atoms with Crippen LogP contribution in [0.2, 0.25) is 5.02 Å². The van der Waals surface area contributed by atoms with Gasteiger partial charge in [-0.15, -0.1) is 0 Å². The molecule has 0 saturated heterocycles. The second kappa shape index (κ2) is 6.57. The molecule has 106 valence electrons. The molecule has 0 amide bonds. The third-order valence-electron chi connectivity index (χ3n) is 4.27. The zero-order valence-corrected chi connectivity index (χ0v) is 14.0. The lowest BCUT2D eigenvalue weighted by molar-refractivity contribution is 0.153. The van der Waals surface area contributed by atoms with E-state index < -0.39 is 0 Å². The van der Waals surface area contributed by atoms with Crippen molar-refractivity contribution in [1.29, 1.82) is 0 Å². The first-order chi connectivity index (χ1) is 9.03. The summed E-state index contributed by atoms with van der Waals surface area (Å²) < 4.78 is 1.03. The van der Waals surface area contributed by atoms with E-state index >= 15 is 0 Å². The fourth-order valence-corrected chi connectivity index (χ4v) is 3.65. The highest BCUT2D eigenvalue weighted by atomic mass is 79.9. The monoisotopic (exact) mass is 344 g/mol. The van der Waals surface area contributed by atoms with Crippen molar-refractivity contribution in [3.8, 4) is 0 Å². The minimum Gasteiger partial charge on any atom is -0.311 e. The van der Waals surface area contributed by atoms with Crippen molar-refractivity contribution < 1.29 is 0 Å². The molecule has 19 heavy (non-hydrogen) atoms. The van der Waals surface area contributed by atoms with Crippen LogP contribution in [0.25, 0.3) is 0 Å². The Hall–Kier alpha value is -0.0900. The van der Waals surface area contributed by atoms with Gasteiger partial charge in [0, 0.05) is 28.1 Å². The van der Waals surface area contributed by atoms with Crippen LogP contribution in [0, 0.1) is 0 Å². The van der Waals surface area contributed by atoms with Gasteiger partial charge in [0.15, 0.2) is 0 Å². The summed E-state index contributed by atoms with van der Waals surface area (Å²) in [6.45, 7) is 1.87. The topological polar surface area (TPSA) is 15.3 Å². The minimum atomic E-state index is 0.335. The van der Waals surface area contributed by atoms with Gasteiger partial charge in [-0.2, -0.15) is 0 Å². The van der Waals surface area contributed by atoms with Crippen molar-refractivity contribution in [2.75, 3.05) is 20.6 Å². The first-order valence-electron chi connectivity index (χ1n) is 6.86. The molecule has 1 N–H and O–H groups in total. The zero-order chi connectivity index (χ0) is 13.9. The third kappa shape index (κ3) is 3.72. The van der Waals surface area contributed by atoms with Crippen molar-refractivity contribution in [1.82, 2.24) is 10.2 Å². The molecule has 1 aliphatic carbocycles. The summed E-state index contributed by atoms with van der Waals surface area (Å²) in [5, 5.41) is 4.41. The molecule has 0 unspecified atom stereocenters. The third-order valence-corrected chi connectivity index (χ3v) is 5.11. The Bertz CT molecular complexity index is 428. The van der Waals surface area contributed by atoms with Crippen LogP contribution in [-0.2, 0) is 6.54 Å². The molecule has 1 aromatic rings. The van der Waals surface area contributed by atoms with E-state index in [1.54, 1.807) is 0 Å². The molecule has 0 heterocycles. The number of hydrogen-bond donors (Lipinski definition) is 1. The maximum Gasteiger partial charge on any atom is 0.0462 e. The lowest BCUT2D eigenvalue weighted by Crippen LogP contribution is -2.49. The fraction of sp³-hybridized carbons (Fsp3) is 0.600. The second-order valence-corrected chi connectivity index (χ2v) is 6.99. The van der Waals surface area contributed by atoms with Gasteiger partial charge in [-0.25, -0.2) is 0 Å². The molecule has 0 bridgehead atoms. The molecular weight excluding hydrogens is 324 g/mol. The number of likely N-dealkylation sites (N-methyl/N-ethyl adjacent to an activating group) is 1. The van der Waals surface area contributed by atoms with Crippen LogP contribution in [-0.4, -0.2) is 31.1 Å². The predicted octanol–water partition coefficient (Wildman–Crippen LogP) is 4.07. The standard InChI is InChI=1S/C15H22BrClN2/c1-19(2)15(7-3-4-8-15)11-18-10-12-5-6-13(16)9-14(12)17/h5-6,9,18H,3-4,7-8,10-11H2,1-2H3. The average molecular weight is 346 g/mol. The second-order valence-electron chi connectivity index (χ2n) is 5.67. The molecule has 1 aliphatic rings. The Morgan fingerprint density at radius 3 is 2.58 bits per heavy atom. The highest BCUT2D eigenvalue weighted by molar-refractivity contribution is 9.10. The van der Waals surface area contributed by atoms with Gasteiger partial charge in [-0.1, -0.05) is 46.4 Å². The van der Waals surface area contributed by atoms with E-state index in [9.17, 15) is 0 Å². The van der Waals surface area contributed by atoms with E-state index in [1.165, 1.54) is 25.7 Å². The van der Waals surface area contributed by atoms with Crippen molar-refractivity contribution >= 4 is 27.5 Å². The van der Waals surface area contributed by atoms with Crippen molar-refractivity contribution in [2.45, 2.75) is 37.8 Å². The summed E-state index contributed by atoms with van der Waals surface area (Å²) in [5.74, 6) is 0. The number of benzene rings is 1. The van der Waals surface area contributed by atoms with Gasteiger partial charge in [-0.05, 0) is 44.6 Å². The highest BCUT2D eigenvalue weighted by Crippen LogP contribution is 2.33. The Kier molecular flexibility index (Phi) is 5.29. The molecule has 0 aromatic heterocycles. The average Bonchev–Trinajstić information content (AvgIpc) is 2.82. The van der Waals surface area contributed by atoms with Gasteiger partial charge >= 0.3 is 0 Å². The maximum atomic E-state index is 6.24. The van der Waals surface area contributed by atoms with Crippen molar-refractivity contribution in [3.63, 3.8) is 0 Å². The number of rotatable bonds is 5. The van der Waals surface area contributed by atoms with E-state index in [2.05, 4.69) is 46.3 Å². The highest BCUT2D eigenvalue weighted by Gasteiger charge is 2.35. The SMILES string of the molecule is CN(C)C1(CNCc2ccc(Br)cc2Cl)CCCC1. The molecule has 0 atom stereocenters. The molecule has 0 radical (unpaired) electrons. The van der Waals surface area contributed by atoms with Crippen LogP contribution in [0.15, 0.2) is 22.7 Å². The van der Waals surface area contributed by atoms with Gasteiger partial charge in [0.2, 0.25) is 0 Å². The molecule has 4 heteroatoms. The number of nitrogens with zero attached hydrogens (tertiary/aromatic N) is 1. The van der Waals surface area contributed by atoms with Crippen LogP contribution in [0.3, 0.4) is 0 Å². The summed E-state index contributed by atoms with van der Waals surface area (Å²) in [7, 11) is 4.39. The quantitative estimate of drug-likeness (QED) is 0.865. The van der Waals surface area contributed by atoms with E-state index in [1.807, 2.05) is 12.1 Å². The summed E-state index contributed by atoms with van der Waals surface area (Å²) in [5.41, 5.74) is 1.50. The van der Waals surface area contributed by atoms with Crippen molar-refractivity contribution in [3.05, 3.63) is 33.3 Å². The van der Waals surface area contributed by atoms with Gasteiger partial charge in [0.1, 0.15) is 0 Å². The molecule has 0 aliphatic heterocycles. The number of hydrogen-bond acceptors (Lipinski definition) is 2. The summed E-state index contributed by atoms with van der Waals surface area (Å²) >= 11 is 9.68. The first kappa shape index (κ1) is 15.3. The van der Waals surface area contributed by atoms with E-state index in [-0.39, 0.29) is 0 Å². The molecule has 1 fully saturated rings. The Morgan fingerprint density at radius 2 is 2.00 bits per heavy atom. The van der Waals surface area contributed by atoms with Crippen LogP contribution in [0.5, 0.6) is 0 Å². The van der Waals surface area contributed by atoms with E-state index in [4.69, 9.17) is 11.6 Å². The molecular formula is C15H22BrClN2. The molecule has 2 rings (SSSR count).